The van der Waals surface area contributed by atoms with Crippen molar-refractivity contribution in [1.29, 1.82) is 0 Å². The fraction of sp³-hybridized carbons (Fsp3) is 0.812. The molecule has 2 saturated heterocycles. The van der Waals surface area contributed by atoms with Gasteiger partial charge in [-0.2, -0.15) is 0 Å². The van der Waals surface area contributed by atoms with E-state index in [2.05, 4.69) is 273 Å². The van der Waals surface area contributed by atoms with Crippen LogP contribution >= 0.6 is 0 Å². The average molecular weight is 2310 g/mol. The number of benzene rings is 3. The number of phenols is 2. The highest BCUT2D eigenvalue weighted by atomic mass is 28.5. The van der Waals surface area contributed by atoms with Gasteiger partial charge in [-0.3, -0.25) is 0 Å². The fourth-order valence-electron chi connectivity index (χ4n) is 15.2. The van der Waals surface area contributed by atoms with Gasteiger partial charge >= 0.3 is 59.9 Å². The highest BCUT2D eigenvalue weighted by Crippen LogP contribution is 2.32. The average Bonchev–Trinajstić information content (AvgIpc) is 0.880. The topological polar surface area (TPSA) is 265 Å². The first-order chi connectivity index (χ1) is 55.7. The number of phenolic OH excluding ortho intramolecular Hbond substituents is 2. The van der Waals surface area contributed by atoms with Crippen molar-refractivity contribution < 1.29 is 86.8 Å². The van der Waals surface area contributed by atoms with E-state index in [-0.39, 0.29) is 119 Å². The Labute approximate surface area is 891 Å². The molecule has 0 aromatic heterocycles. The minimum absolute atomic E-state index is 0. The highest BCUT2D eigenvalue weighted by molar-refractivity contribution is 6.92. The van der Waals surface area contributed by atoms with E-state index in [1.54, 1.807) is 12.1 Å². The number of hydrogen-bond donors (Lipinski definition) is 4. The molecule has 0 radical (unpaired) electrons. The second-order valence-electron chi connectivity index (χ2n) is 40.7. The van der Waals surface area contributed by atoms with Crippen molar-refractivity contribution in [2.75, 3.05) is 52.7 Å². The summed E-state index contributed by atoms with van der Waals surface area (Å²) in [5.41, 5.74) is 13.2. The standard InChI is InChI=1S/C24H40O4Si3.C18H40O6Si3.C13H28O3Si4.C12H34N2O2Si3.C7H24O3Si4.C6H20O2Si3.16CH4/c1-29(2,19-11-15-21-13-7-9-17-23(21)25)27-31(5,6)28-30(3,4)20-12-16-22-14-8-10-18-24(22)26;1-25(2,11-7-9-19-13-17-15-21-17)23-27(5,6)24-26(3,4)12-8-10-20-14-18-16-22-18;1-17(2)14-19(5,6)16-20(7,15-18(3)4)13-11-9-8-10-12-13;1-17(2,11-7-9-13)15-19(5,6)16-18(3,4)12-8-10-14;1-11(2)8-13(5)10-14(6,7)9-12(3)4;1-9(2)7-11(5,6)8-10(3)4;;;;;;;;;;;;;;;;/h7-10,13-14,17-18,25-26H,11-12,15-16,19-20H2,1-6H3;17-18H,7-16H2,1-6H3;8-12,17-18H,1-7H3;7-14H2,1-6H3;11-13H,1-7H3;9-10H,1-6H3;16*1H4. The van der Waals surface area contributed by atoms with E-state index in [1.165, 1.54) is 5.19 Å². The molecule has 0 saturated carbocycles. The van der Waals surface area contributed by atoms with Gasteiger partial charge in [0.15, 0.2) is 104 Å². The monoisotopic (exact) mass is 2310 g/mol. The molecule has 138 heavy (non-hydrogen) atoms. The molecule has 4 unspecified atom stereocenters. The van der Waals surface area contributed by atoms with Crippen LogP contribution in [0.5, 0.6) is 11.5 Å². The molecule has 2 fully saturated rings. The Balaban J connectivity index is -0.0000000852. The number of aryl methyl sites for hydroxylation is 2. The molecule has 0 amide bonds. The molecular weight excluding hydrogens is 2060 g/mol. The van der Waals surface area contributed by atoms with Gasteiger partial charge in [-0.25, -0.2) is 0 Å². The van der Waals surface area contributed by atoms with Gasteiger partial charge in [0, 0.05) is 13.2 Å². The van der Waals surface area contributed by atoms with Crippen LogP contribution in [-0.4, -0.2) is 249 Å². The molecule has 3 aromatic carbocycles. The van der Waals surface area contributed by atoms with Gasteiger partial charge in [0.05, 0.1) is 26.4 Å². The zero-order valence-electron chi connectivity index (χ0n) is 84.7. The molecule has 2 aliphatic rings. The molecule has 3 aromatic rings. The Morgan fingerprint density at radius 2 is 0.529 bits per heavy atom. The van der Waals surface area contributed by atoms with E-state index in [4.69, 9.17) is 88.0 Å². The molecule has 2 heterocycles. The van der Waals surface area contributed by atoms with Gasteiger partial charge in [-0.05, 0) is 378 Å². The third kappa shape index (κ3) is 97.6. The summed E-state index contributed by atoms with van der Waals surface area (Å²) in [6, 6.07) is 32.1. The smallest absolute Gasteiger partial charge is 0.350 e. The van der Waals surface area contributed by atoms with Crippen molar-refractivity contribution in [1.82, 2.24) is 0 Å². The molecule has 2 aliphatic heterocycles. The summed E-state index contributed by atoms with van der Waals surface area (Å²) in [5.74, 6) is 0.773. The van der Waals surface area contributed by atoms with E-state index < -0.39 is 173 Å². The number of nitrogens with two attached hydrogens (primary N) is 2. The predicted octanol–water partition coefficient (Wildman–Crippen LogP) is 29.5. The van der Waals surface area contributed by atoms with Gasteiger partial charge in [0.25, 0.3) is 9.28 Å². The van der Waals surface area contributed by atoms with Crippen molar-refractivity contribution in [2.24, 2.45) is 11.5 Å². The first-order valence-electron chi connectivity index (χ1n) is 45.7. The SMILES string of the molecule is C.C.C.C.C.C.C.C.C.C.C.C.C.C.C.C.C[SiH](C)O[SiH](C)O[Si](C)(C)O[SiH](C)C.C[SiH](C)O[Si](C)(C)O[SiH](C)C.C[SiH](C)O[Si](C)(C)O[Si](C)(O[SiH](C)C)c1ccccc1.C[Si](C)(CCCN)O[Si](C)(C)O[Si](C)(C)CCCN.C[Si](C)(CCCOCC1CO1)O[Si](C)(C)O[Si](C)(C)CCCOCC1CO1.C[Si](C)(CCCc1ccccc1O)O[Si](C)(C)O[Si](C)(C)CCCc1ccccc1O. The Hall–Kier alpha value is 0.798. The molecule has 844 valence electrons. The summed E-state index contributed by atoms with van der Waals surface area (Å²) in [4.78, 5) is 0. The normalized spacial score (nSPS) is 14.1. The molecule has 22 nitrogen and oxygen atoms in total. The molecule has 0 bridgehead atoms. The van der Waals surface area contributed by atoms with Crippen molar-refractivity contribution in [3.63, 3.8) is 0 Å². The van der Waals surface area contributed by atoms with Crippen molar-refractivity contribution >= 4 is 179 Å². The fourth-order valence-corrected chi connectivity index (χ4v) is 94.4. The molecule has 0 spiro atoms. The highest BCUT2D eigenvalue weighted by Gasteiger charge is 2.45. The molecule has 4 atom stereocenters. The number of epoxide rings is 2. The molecule has 42 heteroatoms. The summed E-state index contributed by atoms with van der Waals surface area (Å²) >= 11 is 0. The first kappa shape index (κ1) is 178. The Morgan fingerprint density at radius 3 is 0.775 bits per heavy atom. The number of para-hydroxylation sites is 2. The third-order valence-electron chi connectivity index (χ3n) is 18.3. The molecule has 5 rings (SSSR count). The first-order valence-corrected chi connectivity index (χ1v) is 102. The Morgan fingerprint density at radius 1 is 0.290 bits per heavy atom. The van der Waals surface area contributed by atoms with Crippen molar-refractivity contribution in [2.45, 2.75) is 467 Å². The van der Waals surface area contributed by atoms with Crippen LogP contribution in [0, 0.1) is 0 Å². The quantitative estimate of drug-likeness (QED) is 0.0232. The number of hydrogen-bond acceptors (Lipinski definition) is 22. The lowest BCUT2D eigenvalue weighted by Gasteiger charge is -2.39. The third-order valence-corrected chi connectivity index (χ3v) is 85.2. The number of rotatable bonds is 55. The van der Waals surface area contributed by atoms with Crippen molar-refractivity contribution in [3.8, 4) is 11.5 Å². The van der Waals surface area contributed by atoms with Crippen LogP contribution in [-0.2, 0) is 89.4 Å². The summed E-state index contributed by atoms with van der Waals surface area (Å²) in [6.07, 6.45) is 8.71. The Bertz CT molecular complexity index is 3090. The van der Waals surface area contributed by atoms with Crippen LogP contribution < -0.4 is 16.7 Å². The number of aromatic hydroxyl groups is 2. The van der Waals surface area contributed by atoms with Gasteiger partial charge in [0.2, 0.25) is 0 Å². The largest absolute Gasteiger partial charge is 0.508 e. The van der Waals surface area contributed by atoms with Crippen molar-refractivity contribution in [3.05, 3.63) is 90.0 Å². The van der Waals surface area contributed by atoms with E-state index in [0.29, 0.717) is 23.7 Å². The molecular formula is C96H250N2O20Si20. The van der Waals surface area contributed by atoms with E-state index >= 15 is 0 Å². The summed E-state index contributed by atoms with van der Waals surface area (Å²) in [6.45, 7) is 90.2. The van der Waals surface area contributed by atoms with Crippen LogP contribution in [0.3, 0.4) is 0 Å². The summed E-state index contributed by atoms with van der Waals surface area (Å²) in [7, 11) is -32.3. The minimum atomic E-state index is -2.37. The van der Waals surface area contributed by atoms with E-state index in [0.717, 1.165) is 151 Å². The van der Waals surface area contributed by atoms with Crippen LogP contribution in [0.15, 0.2) is 78.9 Å². The van der Waals surface area contributed by atoms with Crippen LogP contribution in [0.1, 0.15) is 168 Å². The van der Waals surface area contributed by atoms with Crippen LogP contribution in [0.25, 0.3) is 0 Å². The van der Waals surface area contributed by atoms with E-state index in [1.807, 2.05) is 42.5 Å². The summed E-state index contributed by atoms with van der Waals surface area (Å²) in [5, 5.41) is 21.1. The van der Waals surface area contributed by atoms with Gasteiger partial charge in [-0.1, -0.05) is 186 Å². The van der Waals surface area contributed by atoms with Crippen LogP contribution in [0.2, 0.25) is 285 Å². The zero-order chi connectivity index (χ0) is 94.1. The maximum atomic E-state index is 9.97. The Kier molecular flexibility index (Phi) is 110. The van der Waals surface area contributed by atoms with E-state index in [9.17, 15) is 10.2 Å². The molecule has 6 N–H and O–H groups in total. The lowest BCUT2D eigenvalue weighted by atomic mass is 10.1. The summed E-state index contributed by atoms with van der Waals surface area (Å²) < 4.78 is 110. The van der Waals surface area contributed by atoms with Gasteiger partial charge in [0.1, 0.15) is 23.7 Å². The second-order valence-corrected chi connectivity index (χ2v) is 110. The van der Waals surface area contributed by atoms with Gasteiger partial charge in [-0.15, -0.1) is 0 Å². The maximum absolute atomic E-state index is 9.97. The molecule has 0 aliphatic carbocycles. The maximum Gasteiger partial charge on any atom is 0.350 e. The van der Waals surface area contributed by atoms with Gasteiger partial charge < -0.3 is 98.2 Å². The van der Waals surface area contributed by atoms with Crippen LogP contribution in [0.4, 0.5) is 0 Å². The minimum Gasteiger partial charge on any atom is -0.508 e. The predicted molar refractivity (Wildman–Crippen MR) is 676 cm³/mol. The zero-order valence-corrected chi connectivity index (χ0v) is 106. The number of ether oxygens (including phenoxy) is 4. The second kappa shape index (κ2) is 85.4. The lowest BCUT2D eigenvalue weighted by Crippen LogP contribution is -2.60. The lowest BCUT2D eigenvalue weighted by molar-refractivity contribution is 0.116.